The Morgan fingerprint density at radius 3 is 2.63 bits per heavy atom. The van der Waals surface area contributed by atoms with Crippen LogP contribution in [0, 0.1) is 0 Å². The third kappa shape index (κ3) is 5.46. The molecule has 30 heavy (non-hydrogen) atoms. The fourth-order valence-corrected chi connectivity index (χ4v) is 3.46. The van der Waals surface area contributed by atoms with Gasteiger partial charge in [-0.15, -0.1) is 0 Å². The number of amides is 1. The molecule has 0 saturated heterocycles. The number of alkyl halides is 3. The van der Waals surface area contributed by atoms with Crippen molar-refractivity contribution in [2.24, 2.45) is 5.16 Å². The van der Waals surface area contributed by atoms with Gasteiger partial charge in [0.2, 0.25) is 5.91 Å². The van der Waals surface area contributed by atoms with Crippen molar-refractivity contribution < 1.29 is 22.8 Å². The van der Waals surface area contributed by atoms with Crippen LogP contribution in [0.2, 0.25) is 10.0 Å². The van der Waals surface area contributed by atoms with Crippen molar-refractivity contribution in [2.45, 2.75) is 38.6 Å². The van der Waals surface area contributed by atoms with E-state index in [-0.39, 0.29) is 25.4 Å². The van der Waals surface area contributed by atoms with Crippen molar-refractivity contribution in [3.63, 3.8) is 0 Å². The SMILES string of the molecule is CCC(=O)N(Cc1cccc(C(F)(F)F)c1)CC1CC(c2ccc(Cl)c(Cl)c2)=NO1. The van der Waals surface area contributed by atoms with Crippen molar-refractivity contribution in [2.75, 3.05) is 6.54 Å². The van der Waals surface area contributed by atoms with Gasteiger partial charge in [0.05, 0.1) is 27.9 Å². The van der Waals surface area contributed by atoms with Crippen molar-refractivity contribution in [3.05, 3.63) is 69.2 Å². The second-order valence-electron chi connectivity index (χ2n) is 6.92. The Morgan fingerprint density at radius 2 is 1.97 bits per heavy atom. The minimum atomic E-state index is -4.44. The van der Waals surface area contributed by atoms with Gasteiger partial charge in [-0.25, -0.2) is 0 Å². The largest absolute Gasteiger partial charge is 0.416 e. The Hall–Kier alpha value is -2.25. The molecule has 0 bridgehead atoms. The molecule has 1 amide bonds. The predicted octanol–water partition coefficient (Wildman–Crippen LogP) is 5.94. The van der Waals surface area contributed by atoms with Crippen LogP contribution in [0.1, 0.15) is 36.5 Å². The topological polar surface area (TPSA) is 41.9 Å². The lowest BCUT2D eigenvalue weighted by Gasteiger charge is -2.25. The van der Waals surface area contributed by atoms with Gasteiger partial charge in [-0.05, 0) is 29.8 Å². The Kier molecular flexibility index (Phi) is 6.93. The summed E-state index contributed by atoms with van der Waals surface area (Å²) in [5, 5.41) is 4.90. The van der Waals surface area contributed by atoms with E-state index in [1.54, 1.807) is 31.2 Å². The van der Waals surface area contributed by atoms with E-state index in [1.165, 1.54) is 11.0 Å². The summed E-state index contributed by atoms with van der Waals surface area (Å²) in [5.74, 6) is -0.181. The summed E-state index contributed by atoms with van der Waals surface area (Å²) in [6.45, 7) is 1.96. The fourth-order valence-electron chi connectivity index (χ4n) is 3.16. The zero-order chi connectivity index (χ0) is 21.9. The van der Waals surface area contributed by atoms with Crippen LogP contribution in [-0.2, 0) is 22.4 Å². The van der Waals surface area contributed by atoms with E-state index >= 15 is 0 Å². The number of rotatable bonds is 6. The minimum absolute atomic E-state index is 0.0541. The fraction of sp³-hybridized carbons (Fsp3) is 0.333. The smallest absolute Gasteiger partial charge is 0.390 e. The van der Waals surface area contributed by atoms with Crippen LogP contribution in [-0.4, -0.2) is 29.2 Å². The number of hydrogen-bond donors (Lipinski definition) is 0. The lowest BCUT2D eigenvalue weighted by atomic mass is 10.0. The van der Waals surface area contributed by atoms with Crippen molar-refractivity contribution in [1.29, 1.82) is 0 Å². The van der Waals surface area contributed by atoms with Crippen LogP contribution in [0.4, 0.5) is 13.2 Å². The molecule has 1 atom stereocenters. The van der Waals surface area contributed by atoms with Gasteiger partial charge in [0.25, 0.3) is 0 Å². The summed E-state index contributed by atoms with van der Waals surface area (Å²) in [6, 6.07) is 10.1. The standard InChI is InChI=1S/C21H19Cl2F3N2O2/c1-2-20(29)28(11-13-4-3-5-15(8-13)21(24,25)26)12-16-10-19(27-30-16)14-6-7-17(22)18(23)9-14/h3-9,16H,2,10-12H2,1H3. The monoisotopic (exact) mass is 458 g/mol. The van der Waals surface area contributed by atoms with Gasteiger partial charge >= 0.3 is 6.18 Å². The number of halogens is 5. The van der Waals surface area contributed by atoms with E-state index in [0.29, 0.717) is 27.7 Å². The highest BCUT2D eigenvalue weighted by Gasteiger charge is 2.31. The number of oxime groups is 1. The number of nitrogens with zero attached hydrogens (tertiary/aromatic N) is 2. The third-order valence-electron chi connectivity index (χ3n) is 4.69. The van der Waals surface area contributed by atoms with E-state index in [1.807, 2.05) is 0 Å². The molecule has 3 rings (SSSR count). The van der Waals surface area contributed by atoms with E-state index < -0.39 is 17.8 Å². The number of carbonyl (C=O) groups is 1. The van der Waals surface area contributed by atoms with Gasteiger partial charge in [0, 0.05) is 24.9 Å². The number of carbonyl (C=O) groups excluding carboxylic acids is 1. The zero-order valence-electron chi connectivity index (χ0n) is 16.0. The van der Waals surface area contributed by atoms with E-state index in [2.05, 4.69) is 5.16 Å². The second-order valence-corrected chi connectivity index (χ2v) is 7.74. The molecule has 0 radical (unpaired) electrons. The van der Waals surface area contributed by atoms with Crippen LogP contribution in [0.5, 0.6) is 0 Å². The highest BCUT2D eigenvalue weighted by Crippen LogP contribution is 2.30. The van der Waals surface area contributed by atoms with Crippen molar-refractivity contribution in [3.8, 4) is 0 Å². The Morgan fingerprint density at radius 1 is 1.20 bits per heavy atom. The molecule has 0 aliphatic carbocycles. The van der Waals surface area contributed by atoms with Crippen LogP contribution in [0.3, 0.4) is 0 Å². The molecule has 0 aromatic heterocycles. The maximum absolute atomic E-state index is 13.0. The Bertz CT molecular complexity index is 964. The summed E-state index contributed by atoms with van der Waals surface area (Å²) >= 11 is 12.0. The molecule has 2 aromatic rings. The van der Waals surface area contributed by atoms with Gasteiger partial charge in [-0.1, -0.05) is 53.5 Å². The quantitative estimate of drug-likeness (QED) is 0.536. The molecule has 0 N–H and O–H groups in total. The summed E-state index contributed by atoms with van der Waals surface area (Å²) in [7, 11) is 0. The normalized spacial score (nSPS) is 16.2. The molecule has 2 aromatic carbocycles. The second kappa shape index (κ2) is 9.27. The molecule has 9 heteroatoms. The molecule has 1 unspecified atom stereocenters. The molecule has 0 fully saturated rings. The highest BCUT2D eigenvalue weighted by atomic mass is 35.5. The Balaban J connectivity index is 1.69. The first-order chi connectivity index (χ1) is 14.2. The summed E-state index contributed by atoms with van der Waals surface area (Å²) in [6.07, 6.45) is -4.18. The summed E-state index contributed by atoms with van der Waals surface area (Å²) < 4.78 is 38.9. The lowest BCUT2D eigenvalue weighted by Crippen LogP contribution is -2.37. The zero-order valence-corrected chi connectivity index (χ0v) is 17.6. The molecule has 1 heterocycles. The third-order valence-corrected chi connectivity index (χ3v) is 5.43. The average molecular weight is 459 g/mol. The van der Waals surface area contributed by atoms with Crippen molar-refractivity contribution >= 4 is 34.8 Å². The maximum Gasteiger partial charge on any atom is 0.416 e. The average Bonchev–Trinajstić information content (AvgIpc) is 3.17. The summed E-state index contributed by atoms with van der Waals surface area (Å²) in [5.41, 5.74) is 1.08. The van der Waals surface area contributed by atoms with Gasteiger partial charge in [-0.2, -0.15) is 13.2 Å². The van der Waals surface area contributed by atoms with Gasteiger partial charge in [-0.3, -0.25) is 4.79 Å². The molecular weight excluding hydrogens is 440 g/mol. The van der Waals surface area contributed by atoms with Crippen molar-refractivity contribution in [1.82, 2.24) is 4.90 Å². The van der Waals surface area contributed by atoms with Crippen LogP contribution >= 0.6 is 23.2 Å². The first-order valence-corrected chi connectivity index (χ1v) is 10.0. The Labute approximate surface area is 182 Å². The van der Waals surface area contributed by atoms with E-state index in [9.17, 15) is 18.0 Å². The molecule has 160 valence electrons. The van der Waals surface area contributed by atoms with Gasteiger partial charge < -0.3 is 9.74 Å². The lowest BCUT2D eigenvalue weighted by molar-refractivity contribution is -0.137. The van der Waals surface area contributed by atoms with E-state index in [0.717, 1.165) is 17.7 Å². The first-order valence-electron chi connectivity index (χ1n) is 9.29. The predicted molar refractivity (Wildman–Crippen MR) is 110 cm³/mol. The van der Waals surface area contributed by atoms with Gasteiger partial charge in [0.15, 0.2) is 6.10 Å². The molecule has 1 aliphatic rings. The van der Waals surface area contributed by atoms with E-state index in [4.69, 9.17) is 28.0 Å². The minimum Gasteiger partial charge on any atom is -0.390 e. The van der Waals surface area contributed by atoms with Crippen LogP contribution in [0.15, 0.2) is 47.6 Å². The number of hydrogen-bond acceptors (Lipinski definition) is 3. The first kappa shape index (κ1) is 22.4. The number of benzene rings is 2. The summed E-state index contributed by atoms with van der Waals surface area (Å²) in [4.78, 5) is 19.4. The van der Waals surface area contributed by atoms with Crippen LogP contribution in [0.25, 0.3) is 0 Å². The molecule has 4 nitrogen and oxygen atoms in total. The molecule has 1 aliphatic heterocycles. The molecular formula is C21H19Cl2F3N2O2. The molecule has 0 spiro atoms. The highest BCUT2D eigenvalue weighted by molar-refractivity contribution is 6.42. The van der Waals surface area contributed by atoms with Crippen LogP contribution < -0.4 is 0 Å². The molecule has 0 saturated carbocycles. The maximum atomic E-state index is 13.0. The van der Waals surface area contributed by atoms with Gasteiger partial charge in [0.1, 0.15) is 0 Å².